The highest BCUT2D eigenvalue weighted by Crippen LogP contribution is 2.21. The molecule has 0 atom stereocenters. The van der Waals surface area contributed by atoms with Crippen molar-refractivity contribution in [3.63, 3.8) is 0 Å². The van der Waals surface area contributed by atoms with Crippen LogP contribution in [0.5, 0.6) is 0 Å². The lowest BCUT2D eigenvalue weighted by Gasteiger charge is -2.32. The fraction of sp³-hybridized carbons (Fsp3) is 0.667. The number of pyridine rings is 1. The predicted octanol–water partition coefficient (Wildman–Crippen LogP) is 2.13. The summed E-state index contributed by atoms with van der Waals surface area (Å²) in [6.07, 6.45) is 1.95. The summed E-state index contributed by atoms with van der Waals surface area (Å²) in [7, 11) is 2.20. The topological polar surface area (TPSA) is 19.4 Å². The molecule has 100 valence electrons. The molecule has 1 aliphatic heterocycles. The third kappa shape index (κ3) is 3.53. The molecule has 1 aromatic heterocycles. The van der Waals surface area contributed by atoms with E-state index in [1.165, 1.54) is 37.4 Å². The van der Waals surface area contributed by atoms with Crippen LogP contribution in [0.4, 0.5) is 0 Å². The van der Waals surface area contributed by atoms with Gasteiger partial charge in [-0.15, -0.1) is 0 Å². The van der Waals surface area contributed by atoms with Crippen LogP contribution >= 0.6 is 0 Å². The Morgan fingerprint density at radius 2 is 1.83 bits per heavy atom. The van der Waals surface area contributed by atoms with Gasteiger partial charge in [-0.05, 0) is 24.7 Å². The molecule has 0 bridgehead atoms. The minimum atomic E-state index is 0.137. The molecule has 0 aliphatic carbocycles. The van der Waals surface area contributed by atoms with Gasteiger partial charge in [0.15, 0.2) is 0 Å². The zero-order valence-corrected chi connectivity index (χ0v) is 12.1. The van der Waals surface area contributed by atoms with Crippen LogP contribution in [0, 0.1) is 0 Å². The summed E-state index contributed by atoms with van der Waals surface area (Å²) in [5.41, 5.74) is 2.71. The third-order valence-corrected chi connectivity index (χ3v) is 3.59. The summed E-state index contributed by atoms with van der Waals surface area (Å²) >= 11 is 0. The molecular weight excluding hydrogens is 222 g/mol. The number of aromatic nitrogens is 1. The Bertz CT molecular complexity index is 387. The number of rotatable bonds is 2. The highest BCUT2D eigenvalue weighted by atomic mass is 15.2. The normalized spacial score (nSPS) is 19.1. The second-order valence-electron chi connectivity index (χ2n) is 6.38. The highest BCUT2D eigenvalue weighted by Gasteiger charge is 2.17. The zero-order chi connectivity index (χ0) is 13.2. The quantitative estimate of drug-likeness (QED) is 0.798. The molecule has 0 unspecified atom stereocenters. The van der Waals surface area contributed by atoms with Gasteiger partial charge < -0.3 is 4.90 Å². The van der Waals surface area contributed by atoms with Crippen LogP contribution in [0.15, 0.2) is 18.3 Å². The molecule has 1 fully saturated rings. The average molecular weight is 247 g/mol. The Balaban J connectivity index is 2.01. The molecule has 0 aromatic carbocycles. The lowest BCUT2D eigenvalue weighted by atomic mass is 9.91. The molecule has 1 saturated heterocycles. The molecule has 1 aromatic rings. The molecule has 1 aliphatic rings. The van der Waals surface area contributed by atoms with Crippen molar-refractivity contribution in [3.8, 4) is 0 Å². The predicted molar refractivity (Wildman–Crippen MR) is 75.7 cm³/mol. The Hall–Kier alpha value is -0.930. The Kier molecular flexibility index (Phi) is 4.03. The van der Waals surface area contributed by atoms with E-state index in [4.69, 9.17) is 0 Å². The van der Waals surface area contributed by atoms with Crippen molar-refractivity contribution < 1.29 is 0 Å². The molecule has 2 rings (SSSR count). The monoisotopic (exact) mass is 247 g/mol. The molecule has 0 spiro atoms. The van der Waals surface area contributed by atoms with E-state index in [1.807, 2.05) is 6.20 Å². The van der Waals surface area contributed by atoms with E-state index in [0.29, 0.717) is 0 Å². The van der Waals surface area contributed by atoms with Crippen molar-refractivity contribution >= 4 is 0 Å². The minimum absolute atomic E-state index is 0.137. The lowest BCUT2D eigenvalue weighted by Crippen LogP contribution is -2.43. The SMILES string of the molecule is CN1CCN(Cc2ccnc(C(C)(C)C)c2)CC1. The van der Waals surface area contributed by atoms with Gasteiger partial charge in [-0.2, -0.15) is 0 Å². The van der Waals surface area contributed by atoms with E-state index in [9.17, 15) is 0 Å². The van der Waals surface area contributed by atoms with Crippen LogP contribution in [-0.2, 0) is 12.0 Å². The summed E-state index contributed by atoms with van der Waals surface area (Å²) in [4.78, 5) is 9.41. The molecule has 2 heterocycles. The molecule has 0 amide bonds. The van der Waals surface area contributed by atoms with Crippen LogP contribution in [0.3, 0.4) is 0 Å². The fourth-order valence-corrected chi connectivity index (χ4v) is 2.25. The van der Waals surface area contributed by atoms with Gasteiger partial charge >= 0.3 is 0 Å². The zero-order valence-electron chi connectivity index (χ0n) is 12.1. The van der Waals surface area contributed by atoms with Crippen LogP contribution in [-0.4, -0.2) is 48.0 Å². The first-order valence-electron chi connectivity index (χ1n) is 6.81. The van der Waals surface area contributed by atoms with E-state index in [-0.39, 0.29) is 5.41 Å². The second kappa shape index (κ2) is 5.37. The molecule has 0 saturated carbocycles. The molecule has 3 nitrogen and oxygen atoms in total. The highest BCUT2D eigenvalue weighted by molar-refractivity contribution is 5.21. The summed E-state index contributed by atoms with van der Waals surface area (Å²) in [6, 6.07) is 4.41. The maximum atomic E-state index is 4.49. The van der Waals surface area contributed by atoms with E-state index >= 15 is 0 Å². The Labute approximate surface area is 111 Å². The van der Waals surface area contributed by atoms with E-state index in [0.717, 1.165) is 6.54 Å². The van der Waals surface area contributed by atoms with E-state index in [2.05, 4.69) is 54.7 Å². The number of likely N-dealkylation sites (N-methyl/N-ethyl adjacent to an activating group) is 1. The standard InChI is InChI=1S/C15H25N3/c1-15(2,3)14-11-13(5-6-16-14)12-18-9-7-17(4)8-10-18/h5-6,11H,7-10,12H2,1-4H3. The van der Waals surface area contributed by atoms with Crippen molar-refractivity contribution in [2.24, 2.45) is 0 Å². The van der Waals surface area contributed by atoms with Crippen molar-refractivity contribution in [1.29, 1.82) is 0 Å². The van der Waals surface area contributed by atoms with Crippen molar-refractivity contribution in [2.75, 3.05) is 33.2 Å². The molecule has 3 heteroatoms. The van der Waals surface area contributed by atoms with Gasteiger partial charge in [-0.3, -0.25) is 9.88 Å². The lowest BCUT2D eigenvalue weighted by molar-refractivity contribution is 0.148. The summed E-state index contributed by atoms with van der Waals surface area (Å²) < 4.78 is 0. The van der Waals surface area contributed by atoms with Gasteiger partial charge in [-0.1, -0.05) is 20.8 Å². The number of hydrogen-bond acceptors (Lipinski definition) is 3. The Morgan fingerprint density at radius 1 is 1.17 bits per heavy atom. The fourth-order valence-electron chi connectivity index (χ4n) is 2.25. The van der Waals surface area contributed by atoms with Crippen LogP contribution < -0.4 is 0 Å². The first kappa shape index (κ1) is 13.5. The van der Waals surface area contributed by atoms with Crippen molar-refractivity contribution in [2.45, 2.75) is 32.7 Å². The molecule has 0 N–H and O–H groups in total. The van der Waals surface area contributed by atoms with Crippen LogP contribution in [0.1, 0.15) is 32.0 Å². The Morgan fingerprint density at radius 3 is 2.44 bits per heavy atom. The average Bonchev–Trinajstić information content (AvgIpc) is 2.31. The van der Waals surface area contributed by atoms with Gasteiger partial charge in [0.1, 0.15) is 0 Å². The number of hydrogen-bond donors (Lipinski definition) is 0. The largest absolute Gasteiger partial charge is 0.304 e. The molecule has 0 radical (unpaired) electrons. The van der Waals surface area contributed by atoms with E-state index in [1.54, 1.807) is 0 Å². The van der Waals surface area contributed by atoms with Gasteiger partial charge in [0, 0.05) is 50.0 Å². The summed E-state index contributed by atoms with van der Waals surface area (Å²) in [5, 5.41) is 0. The van der Waals surface area contributed by atoms with E-state index < -0.39 is 0 Å². The van der Waals surface area contributed by atoms with Gasteiger partial charge in [0.2, 0.25) is 0 Å². The number of nitrogens with zero attached hydrogens (tertiary/aromatic N) is 3. The maximum absolute atomic E-state index is 4.49. The number of piperazine rings is 1. The van der Waals surface area contributed by atoms with Crippen molar-refractivity contribution in [1.82, 2.24) is 14.8 Å². The summed E-state index contributed by atoms with van der Waals surface area (Å²) in [5.74, 6) is 0. The van der Waals surface area contributed by atoms with Crippen molar-refractivity contribution in [3.05, 3.63) is 29.6 Å². The first-order chi connectivity index (χ1) is 8.45. The van der Waals surface area contributed by atoms with Gasteiger partial charge in [0.25, 0.3) is 0 Å². The third-order valence-electron chi connectivity index (χ3n) is 3.59. The smallest absolute Gasteiger partial charge is 0.0460 e. The molecule has 18 heavy (non-hydrogen) atoms. The van der Waals surface area contributed by atoms with Gasteiger partial charge in [0.05, 0.1) is 0 Å². The summed E-state index contributed by atoms with van der Waals surface area (Å²) in [6.45, 7) is 12.4. The van der Waals surface area contributed by atoms with Crippen LogP contribution in [0.2, 0.25) is 0 Å². The van der Waals surface area contributed by atoms with Gasteiger partial charge in [-0.25, -0.2) is 0 Å². The maximum Gasteiger partial charge on any atom is 0.0460 e. The first-order valence-corrected chi connectivity index (χ1v) is 6.81. The minimum Gasteiger partial charge on any atom is -0.304 e. The molecular formula is C15H25N3. The van der Waals surface area contributed by atoms with Crippen LogP contribution in [0.25, 0.3) is 0 Å². The second-order valence-corrected chi connectivity index (χ2v) is 6.38.